The number of alkyl halides is 3. The van der Waals surface area contributed by atoms with E-state index in [1.807, 2.05) is 0 Å². The van der Waals surface area contributed by atoms with E-state index in [1.54, 1.807) is 11.6 Å². The Bertz CT molecular complexity index is 684. The van der Waals surface area contributed by atoms with Gasteiger partial charge in [-0.3, -0.25) is 9.69 Å². The maximum absolute atomic E-state index is 12.7. The molecule has 1 aromatic heterocycles. The Hall–Kier alpha value is -1.54. The van der Waals surface area contributed by atoms with Crippen molar-refractivity contribution in [2.45, 2.75) is 16.9 Å². The van der Waals surface area contributed by atoms with Gasteiger partial charge in [0, 0.05) is 0 Å². The number of benzene rings is 1. The summed E-state index contributed by atoms with van der Waals surface area (Å²) in [5, 5.41) is 0. The second-order valence-electron chi connectivity index (χ2n) is 4.43. The lowest BCUT2D eigenvalue weighted by Gasteiger charge is -2.25. The van der Waals surface area contributed by atoms with Crippen molar-refractivity contribution in [1.82, 2.24) is 4.98 Å². The molecule has 0 unspecified atom stereocenters. The third-order valence-electron chi connectivity index (χ3n) is 3.00. The smallest absolute Gasteiger partial charge is 0.290 e. The van der Waals surface area contributed by atoms with Gasteiger partial charge in [0.05, 0.1) is 23.4 Å². The number of thioether (sulfide) groups is 1. The first kappa shape index (κ1) is 14.4. The number of hydrogen-bond acceptors (Lipinski definition) is 4. The summed E-state index contributed by atoms with van der Waals surface area (Å²) in [5.74, 6) is 0.684. The summed E-state index contributed by atoms with van der Waals surface area (Å²) in [6.07, 6.45) is -4.39. The van der Waals surface area contributed by atoms with Crippen LogP contribution < -0.4 is 4.90 Å². The van der Waals surface area contributed by atoms with Gasteiger partial charge in [-0.2, -0.15) is 13.2 Å². The molecule has 0 atom stereocenters. The van der Waals surface area contributed by atoms with E-state index in [9.17, 15) is 18.0 Å². The third-order valence-corrected chi connectivity index (χ3v) is 5.08. The second-order valence-corrected chi connectivity index (χ2v) is 6.53. The number of thiazole rings is 1. The van der Waals surface area contributed by atoms with Crippen LogP contribution in [0.4, 0.5) is 19.0 Å². The summed E-state index contributed by atoms with van der Waals surface area (Å²) >= 11 is 2.84. The van der Waals surface area contributed by atoms with E-state index in [0.29, 0.717) is 11.4 Å². The first-order valence-electron chi connectivity index (χ1n) is 5.98. The van der Waals surface area contributed by atoms with Gasteiger partial charge in [-0.15, -0.1) is 23.1 Å². The number of rotatable bonds is 2. The van der Waals surface area contributed by atoms with Gasteiger partial charge in [0.25, 0.3) is 0 Å². The monoisotopic (exact) mass is 330 g/mol. The largest absolute Gasteiger partial charge is 0.416 e. The number of carbonyl (C=O) groups is 1. The van der Waals surface area contributed by atoms with Gasteiger partial charge in [-0.25, -0.2) is 4.98 Å². The molecule has 8 heteroatoms. The highest BCUT2D eigenvalue weighted by molar-refractivity contribution is 8.02. The first-order valence-corrected chi connectivity index (χ1v) is 7.84. The average molecular weight is 330 g/mol. The molecule has 0 N–H and O–H groups in total. The fourth-order valence-electron chi connectivity index (χ4n) is 2.02. The summed E-state index contributed by atoms with van der Waals surface area (Å²) < 4.78 is 39.1. The molecule has 0 saturated heterocycles. The minimum absolute atomic E-state index is 0.0973. The summed E-state index contributed by atoms with van der Waals surface area (Å²) in [4.78, 5) is 17.6. The Morgan fingerprint density at radius 3 is 2.90 bits per heavy atom. The van der Waals surface area contributed by atoms with Gasteiger partial charge >= 0.3 is 6.18 Å². The number of hydrogen-bond donors (Lipinski definition) is 0. The molecule has 110 valence electrons. The van der Waals surface area contributed by atoms with Crippen molar-refractivity contribution in [3.05, 3.63) is 40.9 Å². The van der Waals surface area contributed by atoms with E-state index in [2.05, 4.69) is 4.98 Å². The maximum Gasteiger partial charge on any atom is 0.416 e. The molecule has 3 rings (SSSR count). The molecule has 0 fully saturated rings. The van der Waals surface area contributed by atoms with Crippen molar-refractivity contribution in [1.29, 1.82) is 0 Å². The number of amides is 1. The fraction of sp³-hybridized carbons (Fsp3) is 0.231. The third kappa shape index (κ3) is 2.91. The topological polar surface area (TPSA) is 33.2 Å². The van der Waals surface area contributed by atoms with E-state index in [-0.39, 0.29) is 18.2 Å². The van der Waals surface area contributed by atoms with Crippen LogP contribution in [-0.4, -0.2) is 16.6 Å². The predicted octanol–water partition coefficient (Wildman–Crippen LogP) is 3.80. The second kappa shape index (κ2) is 5.34. The van der Waals surface area contributed by atoms with Crippen LogP contribution in [-0.2, 0) is 17.5 Å². The first-order chi connectivity index (χ1) is 9.95. The van der Waals surface area contributed by atoms with E-state index >= 15 is 0 Å². The molecule has 1 amide bonds. The number of aromatic nitrogens is 1. The Balaban J connectivity index is 1.89. The summed E-state index contributed by atoms with van der Waals surface area (Å²) in [7, 11) is 0. The van der Waals surface area contributed by atoms with Crippen LogP contribution in [0, 0.1) is 0 Å². The van der Waals surface area contributed by atoms with Crippen LogP contribution in [0.15, 0.2) is 34.0 Å². The Labute approximate surface area is 126 Å². The van der Waals surface area contributed by atoms with Gasteiger partial charge in [0.15, 0.2) is 5.82 Å². The highest BCUT2D eigenvalue weighted by Gasteiger charge is 2.31. The molecular weight excluding hydrogens is 321 g/mol. The standard InChI is InChI=1S/C13H9F3N2OS2/c14-13(15,16)9-3-1-2-8(4-9)5-18-10(19)6-20-12-11(18)17-7-21-12/h1-4,7H,5-6H2. The summed E-state index contributed by atoms with van der Waals surface area (Å²) in [6, 6.07) is 5.02. The van der Waals surface area contributed by atoms with E-state index < -0.39 is 11.7 Å². The highest BCUT2D eigenvalue weighted by Crippen LogP contribution is 2.38. The fourth-order valence-corrected chi connectivity index (χ4v) is 3.82. The zero-order valence-corrected chi connectivity index (χ0v) is 12.2. The van der Waals surface area contributed by atoms with E-state index in [0.717, 1.165) is 16.3 Å². The normalized spacial score (nSPS) is 15.2. The van der Waals surface area contributed by atoms with Crippen LogP contribution in [0.5, 0.6) is 0 Å². The molecule has 0 saturated carbocycles. The molecule has 1 aromatic carbocycles. The molecular formula is C13H9F3N2OS2. The van der Waals surface area contributed by atoms with Gasteiger partial charge in [-0.1, -0.05) is 12.1 Å². The van der Waals surface area contributed by atoms with Crippen molar-refractivity contribution >= 4 is 34.8 Å². The molecule has 1 aliphatic heterocycles. The quantitative estimate of drug-likeness (QED) is 0.840. The summed E-state index contributed by atoms with van der Waals surface area (Å²) in [6.45, 7) is 0.0973. The van der Waals surface area contributed by atoms with Gasteiger partial charge in [0.2, 0.25) is 5.91 Å². The van der Waals surface area contributed by atoms with Crippen LogP contribution in [0.3, 0.4) is 0 Å². The van der Waals surface area contributed by atoms with Crippen LogP contribution in [0.2, 0.25) is 0 Å². The predicted molar refractivity (Wildman–Crippen MR) is 75.5 cm³/mol. The Morgan fingerprint density at radius 1 is 1.33 bits per heavy atom. The van der Waals surface area contributed by atoms with Crippen molar-refractivity contribution in [2.75, 3.05) is 10.7 Å². The van der Waals surface area contributed by atoms with E-state index in [1.165, 1.54) is 34.1 Å². The minimum atomic E-state index is -4.39. The SMILES string of the molecule is O=C1CSc2scnc2N1Cc1cccc(C(F)(F)F)c1. The number of fused-ring (bicyclic) bond motifs is 1. The van der Waals surface area contributed by atoms with Crippen molar-refractivity contribution in [3.8, 4) is 0 Å². The zero-order chi connectivity index (χ0) is 15.0. The lowest BCUT2D eigenvalue weighted by atomic mass is 10.1. The summed E-state index contributed by atoms with van der Waals surface area (Å²) in [5.41, 5.74) is 1.36. The Kier molecular flexibility index (Phi) is 3.66. The number of anilines is 1. The number of carbonyl (C=O) groups excluding carboxylic acids is 1. The highest BCUT2D eigenvalue weighted by atomic mass is 32.2. The van der Waals surface area contributed by atoms with E-state index in [4.69, 9.17) is 0 Å². The molecule has 21 heavy (non-hydrogen) atoms. The van der Waals surface area contributed by atoms with Crippen LogP contribution in [0.25, 0.3) is 0 Å². The minimum Gasteiger partial charge on any atom is -0.290 e. The molecule has 2 heterocycles. The molecule has 0 radical (unpaired) electrons. The molecule has 0 bridgehead atoms. The molecule has 0 aliphatic carbocycles. The van der Waals surface area contributed by atoms with Crippen molar-refractivity contribution < 1.29 is 18.0 Å². The van der Waals surface area contributed by atoms with Crippen molar-refractivity contribution in [3.63, 3.8) is 0 Å². The average Bonchev–Trinajstić information content (AvgIpc) is 2.90. The molecule has 1 aliphatic rings. The Morgan fingerprint density at radius 2 is 2.14 bits per heavy atom. The molecule has 0 spiro atoms. The van der Waals surface area contributed by atoms with Gasteiger partial charge < -0.3 is 0 Å². The maximum atomic E-state index is 12.7. The number of nitrogens with zero attached hydrogens (tertiary/aromatic N) is 2. The van der Waals surface area contributed by atoms with Crippen LogP contribution >= 0.6 is 23.1 Å². The van der Waals surface area contributed by atoms with Gasteiger partial charge in [0.1, 0.15) is 4.21 Å². The van der Waals surface area contributed by atoms with Crippen molar-refractivity contribution in [2.24, 2.45) is 0 Å². The zero-order valence-electron chi connectivity index (χ0n) is 10.6. The number of halogens is 3. The molecule has 2 aromatic rings. The lowest BCUT2D eigenvalue weighted by molar-refractivity contribution is -0.137. The lowest BCUT2D eigenvalue weighted by Crippen LogP contribution is -2.34. The van der Waals surface area contributed by atoms with Gasteiger partial charge in [-0.05, 0) is 17.7 Å². The molecule has 3 nitrogen and oxygen atoms in total. The van der Waals surface area contributed by atoms with Crippen LogP contribution in [0.1, 0.15) is 11.1 Å².